The Labute approximate surface area is 126 Å². The summed E-state index contributed by atoms with van der Waals surface area (Å²) in [6.45, 7) is 0.328. The van der Waals surface area contributed by atoms with Crippen LogP contribution in [0.3, 0.4) is 0 Å². The maximum Gasteiger partial charge on any atom is 0.241 e. The third-order valence-corrected chi connectivity index (χ3v) is 6.73. The highest BCUT2D eigenvalue weighted by Gasteiger charge is 2.24. The Balaban J connectivity index is 2.23. The van der Waals surface area contributed by atoms with Crippen LogP contribution < -0.4 is 10.5 Å². The third-order valence-electron chi connectivity index (χ3n) is 3.00. The van der Waals surface area contributed by atoms with Crippen LogP contribution in [-0.4, -0.2) is 26.0 Å². The minimum atomic E-state index is -3.49. The van der Waals surface area contributed by atoms with Crippen molar-refractivity contribution in [3.63, 3.8) is 0 Å². The van der Waals surface area contributed by atoms with Crippen molar-refractivity contribution in [2.24, 2.45) is 5.73 Å². The van der Waals surface area contributed by atoms with E-state index in [0.29, 0.717) is 11.0 Å². The first-order valence-electron chi connectivity index (χ1n) is 6.11. The molecule has 7 heteroatoms. The summed E-state index contributed by atoms with van der Waals surface area (Å²) in [6, 6.07) is 5.20. The lowest BCUT2D eigenvalue weighted by atomic mass is 10.2. The van der Waals surface area contributed by atoms with Crippen LogP contribution in [0.15, 0.2) is 27.6 Å². The Morgan fingerprint density at radius 3 is 2.89 bits per heavy atom. The monoisotopic (exact) mass is 364 g/mol. The summed E-state index contributed by atoms with van der Waals surface area (Å²) in [4.78, 5) is 0.269. The van der Waals surface area contributed by atoms with Gasteiger partial charge in [0.25, 0.3) is 0 Å². The second-order valence-corrected chi connectivity index (χ2v) is 8.19. The molecule has 0 aromatic heterocycles. The molecule has 106 valence electrons. The molecule has 0 aliphatic carbocycles. The van der Waals surface area contributed by atoms with Gasteiger partial charge in [-0.15, -0.1) is 0 Å². The molecule has 1 fully saturated rings. The first-order valence-corrected chi connectivity index (χ1v) is 9.54. The number of hydrogen-bond acceptors (Lipinski definition) is 4. The normalized spacial score (nSPS) is 20.4. The van der Waals surface area contributed by atoms with Gasteiger partial charge < -0.3 is 5.73 Å². The first kappa shape index (κ1) is 15.3. The van der Waals surface area contributed by atoms with Gasteiger partial charge in [-0.25, -0.2) is 13.1 Å². The van der Waals surface area contributed by atoms with Gasteiger partial charge in [-0.05, 0) is 52.2 Å². The largest absolute Gasteiger partial charge is 0.326 e. The van der Waals surface area contributed by atoms with Crippen LogP contribution in [-0.2, 0) is 16.6 Å². The van der Waals surface area contributed by atoms with Crippen molar-refractivity contribution in [1.29, 1.82) is 0 Å². The number of hydrogen-bond donors (Lipinski definition) is 2. The number of rotatable bonds is 4. The summed E-state index contributed by atoms with van der Waals surface area (Å²) in [5.41, 5.74) is 6.37. The second kappa shape index (κ2) is 6.58. The molecule has 3 N–H and O–H groups in total. The number of nitrogens with one attached hydrogen (secondary N) is 1. The molecule has 1 aliphatic heterocycles. The number of halogens is 1. The van der Waals surface area contributed by atoms with E-state index in [9.17, 15) is 8.42 Å². The Morgan fingerprint density at radius 1 is 1.47 bits per heavy atom. The Morgan fingerprint density at radius 2 is 2.26 bits per heavy atom. The number of nitrogens with two attached hydrogens (primary N) is 1. The maximum absolute atomic E-state index is 12.4. The minimum Gasteiger partial charge on any atom is -0.326 e. The van der Waals surface area contributed by atoms with Crippen molar-refractivity contribution < 1.29 is 8.42 Å². The van der Waals surface area contributed by atoms with Gasteiger partial charge >= 0.3 is 0 Å². The fourth-order valence-corrected chi connectivity index (χ4v) is 5.46. The lowest BCUT2D eigenvalue weighted by molar-refractivity contribution is 0.542. The van der Waals surface area contributed by atoms with Crippen molar-refractivity contribution in [2.45, 2.75) is 30.3 Å². The van der Waals surface area contributed by atoms with E-state index in [-0.39, 0.29) is 10.9 Å². The van der Waals surface area contributed by atoms with Crippen LogP contribution in [0.5, 0.6) is 0 Å². The van der Waals surface area contributed by atoms with Gasteiger partial charge in [-0.2, -0.15) is 11.8 Å². The van der Waals surface area contributed by atoms with E-state index in [0.717, 1.165) is 29.9 Å². The first-order chi connectivity index (χ1) is 9.03. The molecule has 0 saturated carbocycles. The summed E-state index contributed by atoms with van der Waals surface area (Å²) in [5.74, 6) is 1.96. The molecule has 1 atom stereocenters. The van der Waals surface area contributed by atoms with Crippen molar-refractivity contribution in [3.05, 3.63) is 28.2 Å². The van der Waals surface area contributed by atoms with E-state index in [1.165, 1.54) is 0 Å². The second-order valence-electron chi connectivity index (χ2n) is 4.50. The van der Waals surface area contributed by atoms with Crippen LogP contribution in [0.2, 0.25) is 0 Å². The Bertz CT molecular complexity index is 543. The lowest BCUT2D eigenvalue weighted by Gasteiger charge is -2.22. The van der Waals surface area contributed by atoms with Crippen molar-refractivity contribution in [2.75, 3.05) is 11.5 Å². The maximum atomic E-state index is 12.4. The molecule has 1 aromatic carbocycles. The van der Waals surface area contributed by atoms with Gasteiger partial charge in [0.1, 0.15) is 0 Å². The molecule has 0 spiro atoms. The molecule has 0 radical (unpaired) electrons. The van der Waals surface area contributed by atoms with Crippen molar-refractivity contribution in [1.82, 2.24) is 4.72 Å². The van der Waals surface area contributed by atoms with Crippen molar-refractivity contribution in [3.8, 4) is 0 Å². The molecule has 2 rings (SSSR count). The van der Waals surface area contributed by atoms with E-state index in [1.807, 2.05) is 6.07 Å². The molecule has 19 heavy (non-hydrogen) atoms. The molecule has 1 unspecified atom stereocenters. The molecule has 1 heterocycles. The molecule has 4 nitrogen and oxygen atoms in total. The average Bonchev–Trinajstić information content (AvgIpc) is 2.39. The fourth-order valence-electron chi connectivity index (χ4n) is 2.00. The van der Waals surface area contributed by atoms with Gasteiger partial charge in [-0.3, -0.25) is 0 Å². The summed E-state index contributed by atoms with van der Waals surface area (Å²) < 4.78 is 28.2. The van der Waals surface area contributed by atoms with E-state index in [2.05, 4.69) is 20.7 Å². The highest BCUT2D eigenvalue weighted by atomic mass is 79.9. The van der Waals surface area contributed by atoms with Gasteiger partial charge in [-0.1, -0.05) is 6.07 Å². The number of benzene rings is 1. The van der Waals surface area contributed by atoms with E-state index in [1.54, 1.807) is 23.9 Å². The van der Waals surface area contributed by atoms with Crippen LogP contribution in [0.1, 0.15) is 18.4 Å². The third kappa shape index (κ3) is 3.95. The number of sulfonamides is 1. The lowest BCUT2D eigenvalue weighted by Crippen LogP contribution is -2.38. The molecule has 1 aliphatic rings. The smallest absolute Gasteiger partial charge is 0.241 e. The van der Waals surface area contributed by atoms with E-state index in [4.69, 9.17) is 5.73 Å². The van der Waals surface area contributed by atoms with Gasteiger partial charge in [0, 0.05) is 22.8 Å². The highest BCUT2D eigenvalue weighted by Crippen LogP contribution is 2.25. The molecule has 1 saturated heterocycles. The highest BCUT2D eigenvalue weighted by molar-refractivity contribution is 9.10. The Kier molecular flexibility index (Phi) is 5.30. The van der Waals surface area contributed by atoms with Crippen LogP contribution in [0.25, 0.3) is 0 Å². The molecule has 1 aromatic rings. The Hall–Kier alpha value is -0.0800. The zero-order valence-corrected chi connectivity index (χ0v) is 13.7. The topological polar surface area (TPSA) is 72.2 Å². The molecular weight excluding hydrogens is 348 g/mol. The molecule has 0 bridgehead atoms. The summed E-state index contributed by atoms with van der Waals surface area (Å²) in [5, 5.41) is 0. The predicted molar refractivity (Wildman–Crippen MR) is 82.7 cm³/mol. The minimum absolute atomic E-state index is 0.0252. The SMILES string of the molecule is NCc1ccc(Br)c(S(=O)(=O)NC2CCCSC2)c1. The van der Waals surface area contributed by atoms with Crippen LogP contribution in [0.4, 0.5) is 0 Å². The van der Waals surface area contributed by atoms with E-state index < -0.39 is 10.0 Å². The summed E-state index contributed by atoms with van der Waals surface area (Å²) in [6.07, 6.45) is 1.96. The zero-order chi connectivity index (χ0) is 13.9. The van der Waals surface area contributed by atoms with Crippen LogP contribution >= 0.6 is 27.7 Å². The summed E-state index contributed by atoms with van der Waals surface area (Å²) in [7, 11) is -3.49. The molecule has 0 amide bonds. The van der Waals surface area contributed by atoms with Gasteiger partial charge in [0.2, 0.25) is 10.0 Å². The van der Waals surface area contributed by atoms with Crippen molar-refractivity contribution >= 4 is 37.7 Å². The fraction of sp³-hybridized carbons (Fsp3) is 0.500. The van der Waals surface area contributed by atoms with Gasteiger partial charge in [0.05, 0.1) is 4.90 Å². The predicted octanol–water partition coefficient (Wildman–Crippen LogP) is 2.08. The van der Waals surface area contributed by atoms with Gasteiger partial charge in [0.15, 0.2) is 0 Å². The summed E-state index contributed by atoms with van der Waals surface area (Å²) >= 11 is 5.09. The quantitative estimate of drug-likeness (QED) is 0.857. The average molecular weight is 365 g/mol. The molecular formula is C12H17BrN2O2S2. The van der Waals surface area contributed by atoms with Crippen LogP contribution in [0, 0.1) is 0 Å². The number of thioether (sulfide) groups is 1. The zero-order valence-electron chi connectivity index (χ0n) is 10.4. The van der Waals surface area contributed by atoms with E-state index >= 15 is 0 Å². The standard InChI is InChI=1S/C12H17BrN2O2S2/c13-11-4-3-9(7-14)6-12(11)19(16,17)15-10-2-1-5-18-8-10/h3-4,6,10,15H,1-2,5,7-8,14H2.